The van der Waals surface area contributed by atoms with Gasteiger partial charge in [-0.25, -0.2) is 13.4 Å². The second-order valence-corrected chi connectivity index (χ2v) is 9.08. The van der Waals surface area contributed by atoms with Gasteiger partial charge in [0.1, 0.15) is 13.2 Å². The summed E-state index contributed by atoms with van der Waals surface area (Å²) in [6.45, 7) is 5.10. The second kappa shape index (κ2) is 11.0. The lowest BCUT2D eigenvalue weighted by molar-refractivity contribution is -0.143. The molecule has 1 heterocycles. The number of aromatic nitrogens is 1. The van der Waals surface area contributed by atoms with E-state index in [0.717, 1.165) is 0 Å². The number of benzene rings is 1. The van der Waals surface area contributed by atoms with Gasteiger partial charge in [-0.1, -0.05) is 13.8 Å². The summed E-state index contributed by atoms with van der Waals surface area (Å²) in [5.41, 5.74) is 0.684. The van der Waals surface area contributed by atoms with Gasteiger partial charge in [0.2, 0.25) is 15.9 Å². The van der Waals surface area contributed by atoms with Crippen LogP contribution in [0.1, 0.15) is 36.8 Å². The number of esters is 1. The number of ether oxygens (including phenoxy) is 1. The molecule has 2 aromatic rings. The van der Waals surface area contributed by atoms with E-state index >= 15 is 0 Å². The number of rotatable bonds is 10. The number of amides is 2. The third-order valence-corrected chi connectivity index (χ3v) is 6.94. The highest BCUT2D eigenvalue weighted by atomic mass is 32.2. The third-order valence-electron chi connectivity index (χ3n) is 4.07. The van der Waals surface area contributed by atoms with E-state index in [0.29, 0.717) is 23.9 Å². The zero-order chi connectivity index (χ0) is 23.0. The Kier molecular flexibility index (Phi) is 8.65. The minimum absolute atomic E-state index is 0.0917. The van der Waals surface area contributed by atoms with E-state index in [2.05, 4.69) is 15.6 Å². The first-order chi connectivity index (χ1) is 14.7. The van der Waals surface area contributed by atoms with Crippen LogP contribution in [0.2, 0.25) is 0 Å². The van der Waals surface area contributed by atoms with Gasteiger partial charge in [0.25, 0.3) is 5.91 Å². The van der Waals surface area contributed by atoms with Crippen molar-refractivity contribution in [2.75, 3.05) is 25.0 Å². The summed E-state index contributed by atoms with van der Waals surface area (Å²) in [6, 6.07) is 5.48. The van der Waals surface area contributed by atoms with Crippen molar-refractivity contribution < 1.29 is 27.5 Å². The van der Waals surface area contributed by atoms with Crippen molar-refractivity contribution in [2.24, 2.45) is 0 Å². The molecule has 0 spiro atoms. The lowest BCUT2D eigenvalue weighted by Crippen LogP contribution is -2.31. The monoisotopic (exact) mass is 468 g/mol. The Morgan fingerprint density at radius 3 is 2.35 bits per heavy atom. The van der Waals surface area contributed by atoms with Crippen LogP contribution >= 0.6 is 11.3 Å². The number of anilines is 1. The van der Waals surface area contributed by atoms with Gasteiger partial charge in [-0.15, -0.1) is 11.3 Å². The van der Waals surface area contributed by atoms with E-state index in [1.807, 2.05) is 0 Å². The molecule has 1 aromatic carbocycles. The number of sulfonamides is 1. The molecule has 0 aliphatic rings. The second-order valence-electron chi connectivity index (χ2n) is 6.28. The van der Waals surface area contributed by atoms with Crippen LogP contribution in [0.25, 0.3) is 0 Å². The van der Waals surface area contributed by atoms with E-state index in [1.165, 1.54) is 46.8 Å². The Morgan fingerprint density at radius 2 is 1.77 bits per heavy atom. The predicted octanol–water partition coefficient (Wildman–Crippen LogP) is 1.61. The number of thiazole rings is 1. The van der Waals surface area contributed by atoms with Crippen molar-refractivity contribution in [3.63, 3.8) is 0 Å². The van der Waals surface area contributed by atoms with Crippen molar-refractivity contribution in [1.82, 2.24) is 14.6 Å². The molecule has 0 bridgehead atoms. The van der Waals surface area contributed by atoms with Crippen LogP contribution in [0.3, 0.4) is 0 Å². The molecule has 0 aliphatic heterocycles. The molecule has 168 valence electrons. The summed E-state index contributed by atoms with van der Waals surface area (Å²) in [5, 5.41) is 6.99. The van der Waals surface area contributed by atoms with Gasteiger partial charge < -0.3 is 15.4 Å². The van der Waals surface area contributed by atoms with Crippen LogP contribution in [0, 0.1) is 0 Å². The fraction of sp³-hybridized carbons (Fsp3) is 0.368. The smallest absolute Gasteiger partial charge is 0.325 e. The maximum atomic E-state index is 12.5. The Morgan fingerprint density at radius 1 is 1.13 bits per heavy atom. The highest BCUT2D eigenvalue weighted by Crippen LogP contribution is 2.17. The highest BCUT2D eigenvalue weighted by molar-refractivity contribution is 7.89. The quantitative estimate of drug-likeness (QED) is 0.506. The first-order valence-corrected chi connectivity index (χ1v) is 11.7. The SMILES string of the molecule is CCN(CC)S(=O)(=O)c1ccc(C(=O)NCC(=O)OCc2csc(NC(C)=O)n2)cc1. The van der Waals surface area contributed by atoms with Gasteiger partial charge in [-0.3, -0.25) is 14.4 Å². The molecule has 0 saturated heterocycles. The van der Waals surface area contributed by atoms with Gasteiger partial charge in [-0.2, -0.15) is 4.31 Å². The Labute approximate surface area is 184 Å². The molecule has 2 N–H and O–H groups in total. The molecule has 0 unspecified atom stereocenters. The van der Waals surface area contributed by atoms with Gasteiger partial charge in [0.15, 0.2) is 5.13 Å². The molecular weight excluding hydrogens is 444 g/mol. The zero-order valence-corrected chi connectivity index (χ0v) is 19.0. The first-order valence-electron chi connectivity index (χ1n) is 9.43. The summed E-state index contributed by atoms with van der Waals surface area (Å²) in [7, 11) is -3.61. The maximum Gasteiger partial charge on any atom is 0.325 e. The van der Waals surface area contributed by atoms with Crippen LogP contribution in [-0.4, -0.2) is 55.1 Å². The van der Waals surface area contributed by atoms with Crippen LogP contribution in [-0.2, 0) is 31.0 Å². The molecule has 12 heteroatoms. The van der Waals surface area contributed by atoms with Crippen molar-refractivity contribution >= 4 is 44.3 Å². The molecule has 0 fully saturated rings. The summed E-state index contributed by atoms with van der Waals surface area (Å²) >= 11 is 1.20. The van der Waals surface area contributed by atoms with Gasteiger partial charge in [-0.05, 0) is 24.3 Å². The molecule has 2 rings (SSSR count). The first kappa shape index (κ1) is 24.4. The van der Waals surface area contributed by atoms with Crippen molar-refractivity contribution in [3.05, 3.63) is 40.9 Å². The minimum atomic E-state index is -3.61. The number of nitrogens with zero attached hydrogens (tertiary/aromatic N) is 2. The van der Waals surface area contributed by atoms with E-state index < -0.39 is 21.9 Å². The molecule has 0 saturated carbocycles. The van der Waals surface area contributed by atoms with Crippen LogP contribution < -0.4 is 10.6 Å². The molecular formula is C19H24N4O6S2. The molecule has 31 heavy (non-hydrogen) atoms. The minimum Gasteiger partial charge on any atom is -0.458 e. The summed E-state index contributed by atoms with van der Waals surface area (Å²) < 4.78 is 31.3. The molecule has 0 atom stereocenters. The summed E-state index contributed by atoms with van der Waals surface area (Å²) in [6.07, 6.45) is 0. The molecule has 10 nitrogen and oxygen atoms in total. The summed E-state index contributed by atoms with van der Waals surface area (Å²) in [4.78, 5) is 39.2. The normalized spacial score (nSPS) is 11.2. The predicted molar refractivity (Wildman–Crippen MR) is 115 cm³/mol. The van der Waals surface area contributed by atoms with Gasteiger partial charge >= 0.3 is 5.97 Å². The average Bonchev–Trinajstić information content (AvgIpc) is 3.17. The van der Waals surface area contributed by atoms with Crippen LogP contribution in [0.5, 0.6) is 0 Å². The van der Waals surface area contributed by atoms with Gasteiger partial charge in [0, 0.05) is 31.0 Å². The number of carbonyl (C=O) groups is 3. The van der Waals surface area contributed by atoms with E-state index in [-0.39, 0.29) is 29.5 Å². The lowest BCUT2D eigenvalue weighted by Gasteiger charge is -2.18. The topological polar surface area (TPSA) is 135 Å². The Bertz CT molecular complexity index is 1030. The van der Waals surface area contributed by atoms with Crippen LogP contribution in [0.4, 0.5) is 5.13 Å². The van der Waals surface area contributed by atoms with Crippen LogP contribution in [0.15, 0.2) is 34.5 Å². The van der Waals surface area contributed by atoms with E-state index in [4.69, 9.17) is 4.74 Å². The number of hydrogen-bond acceptors (Lipinski definition) is 8. The fourth-order valence-corrected chi connectivity index (χ4v) is 4.73. The molecule has 0 radical (unpaired) electrons. The van der Waals surface area contributed by atoms with Crippen molar-refractivity contribution in [3.8, 4) is 0 Å². The Hall–Kier alpha value is -2.83. The van der Waals surface area contributed by atoms with Crippen molar-refractivity contribution in [2.45, 2.75) is 32.3 Å². The highest BCUT2D eigenvalue weighted by Gasteiger charge is 2.21. The summed E-state index contributed by atoms with van der Waals surface area (Å²) in [5.74, 6) is -1.45. The average molecular weight is 469 g/mol. The largest absolute Gasteiger partial charge is 0.458 e. The molecule has 1 aromatic heterocycles. The van der Waals surface area contributed by atoms with E-state index in [9.17, 15) is 22.8 Å². The lowest BCUT2D eigenvalue weighted by atomic mass is 10.2. The number of nitrogens with one attached hydrogen (secondary N) is 2. The maximum absolute atomic E-state index is 12.5. The third kappa shape index (κ3) is 6.84. The van der Waals surface area contributed by atoms with Crippen molar-refractivity contribution in [1.29, 1.82) is 0 Å². The zero-order valence-electron chi connectivity index (χ0n) is 17.4. The molecule has 0 aliphatic carbocycles. The number of carbonyl (C=O) groups excluding carboxylic acids is 3. The molecule has 2 amide bonds. The standard InChI is InChI=1S/C19H24N4O6S2/c1-4-23(5-2)31(27,28)16-8-6-14(7-9-16)18(26)20-10-17(25)29-11-15-12-30-19(22-15)21-13(3)24/h6-9,12H,4-5,10-11H2,1-3H3,(H,20,26)(H,21,22,24). The fourth-order valence-electron chi connectivity index (χ4n) is 2.53. The Balaban J connectivity index is 1.86. The van der Waals surface area contributed by atoms with Gasteiger partial charge in [0.05, 0.1) is 10.6 Å². The van der Waals surface area contributed by atoms with E-state index in [1.54, 1.807) is 19.2 Å². The number of hydrogen-bond donors (Lipinski definition) is 2.